The normalized spacial score (nSPS) is 11.8. The molecule has 2 aromatic carbocycles. The summed E-state index contributed by atoms with van der Waals surface area (Å²) in [6.45, 7) is 2.09. The summed E-state index contributed by atoms with van der Waals surface area (Å²) in [5, 5.41) is 7.60. The van der Waals surface area contributed by atoms with Crippen molar-refractivity contribution < 1.29 is 14.3 Å². The molecule has 3 aromatic rings. The lowest BCUT2D eigenvalue weighted by molar-refractivity contribution is 0.0527. The molecule has 4 rings (SSSR count). The Bertz CT molecular complexity index is 985. The number of hydrogen-bond acceptors (Lipinski definition) is 6. The van der Waals surface area contributed by atoms with Gasteiger partial charge in [-0.05, 0) is 19.1 Å². The van der Waals surface area contributed by atoms with Gasteiger partial charge in [0.05, 0.1) is 42.0 Å². The van der Waals surface area contributed by atoms with E-state index in [2.05, 4.69) is 15.6 Å². The Labute approximate surface area is 144 Å². The predicted octanol–water partition coefficient (Wildman–Crippen LogP) is 4.22. The third-order valence-corrected chi connectivity index (χ3v) is 4.13. The van der Waals surface area contributed by atoms with E-state index in [9.17, 15) is 4.79 Å². The smallest absolute Gasteiger partial charge is 0.341 e. The third-order valence-electron chi connectivity index (χ3n) is 4.13. The van der Waals surface area contributed by atoms with Crippen molar-refractivity contribution >= 4 is 39.6 Å². The van der Waals surface area contributed by atoms with E-state index >= 15 is 0 Å². The van der Waals surface area contributed by atoms with Crippen molar-refractivity contribution in [1.29, 1.82) is 0 Å². The number of carbonyl (C=O) groups excluding carboxylic acids is 1. The molecule has 0 bridgehead atoms. The topological polar surface area (TPSA) is 72.5 Å². The van der Waals surface area contributed by atoms with Gasteiger partial charge in [-0.25, -0.2) is 4.79 Å². The number of hydrogen-bond donors (Lipinski definition) is 2. The van der Waals surface area contributed by atoms with E-state index < -0.39 is 5.97 Å². The van der Waals surface area contributed by atoms with Crippen LogP contribution in [0, 0.1) is 0 Å². The molecular weight excluding hydrogens is 318 g/mol. The number of nitrogens with one attached hydrogen (secondary N) is 2. The lowest BCUT2D eigenvalue weighted by atomic mass is 10.1. The zero-order valence-corrected chi connectivity index (χ0v) is 13.9. The average molecular weight is 335 g/mol. The average Bonchev–Trinajstić information content (AvgIpc) is 2.79. The predicted molar refractivity (Wildman–Crippen MR) is 97.3 cm³/mol. The number of benzene rings is 2. The highest BCUT2D eigenvalue weighted by atomic mass is 16.5. The first-order valence-corrected chi connectivity index (χ1v) is 8.02. The first-order valence-electron chi connectivity index (χ1n) is 8.02. The van der Waals surface area contributed by atoms with Gasteiger partial charge in [-0.15, -0.1) is 0 Å². The minimum Gasteiger partial charge on any atom is -0.497 e. The molecule has 1 aromatic heterocycles. The first-order chi connectivity index (χ1) is 12.2. The number of fused-ring (bicyclic) bond motifs is 1. The second-order valence-electron chi connectivity index (χ2n) is 5.63. The maximum absolute atomic E-state index is 12.4. The van der Waals surface area contributed by atoms with E-state index in [1.807, 2.05) is 36.4 Å². The second kappa shape index (κ2) is 5.98. The minimum atomic E-state index is -0.402. The quantitative estimate of drug-likeness (QED) is 0.546. The third kappa shape index (κ3) is 2.52. The van der Waals surface area contributed by atoms with Gasteiger partial charge in [0, 0.05) is 23.7 Å². The Balaban J connectivity index is 2.02. The largest absolute Gasteiger partial charge is 0.497 e. The summed E-state index contributed by atoms with van der Waals surface area (Å²) in [7, 11) is 1.62. The summed E-state index contributed by atoms with van der Waals surface area (Å²) in [4.78, 5) is 16.8. The Hall–Kier alpha value is -3.28. The number of para-hydroxylation sites is 2. The van der Waals surface area contributed by atoms with Crippen LogP contribution in [0.25, 0.3) is 10.9 Å². The van der Waals surface area contributed by atoms with Crippen LogP contribution < -0.4 is 15.4 Å². The Kier molecular flexibility index (Phi) is 3.65. The molecule has 0 atom stereocenters. The molecule has 6 heteroatoms. The van der Waals surface area contributed by atoms with Gasteiger partial charge < -0.3 is 20.1 Å². The summed E-state index contributed by atoms with van der Waals surface area (Å²) in [5.41, 5.74) is 4.40. The van der Waals surface area contributed by atoms with Gasteiger partial charge in [0.1, 0.15) is 11.3 Å². The van der Waals surface area contributed by atoms with Crippen LogP contribution in [-0.4, -0.2) is 24.7 Å². The number of aromatic nitrogens is 1. The molecule has 1 aliphatic rings. The fraction of sp³-hybridized carbons (Fsp3) is 0.158. The summed E-state index contributed by atoms with van der Waals surface area (Å²) in [6, 6.07) is 11.5. The van der Waals surface area contributed by atoms with Gasteiger partial charge >= 0.3 is 5.97 Å². The summed E-state index contributed by atoms with van der Waals surface area (Å²) >= 11 is 0. The van der Waals surface area contributed by atoms with E-state index in [-0.39, 0.29) is 0 Å². The van der Waals surface area contributed by atoms with Crippen molar-refractivity contribution in [2.45, 2.75) is 6.92 Å². The minimum absolute atomic E-state index is 0.306. The lowest BCUT2D eigenvalue weighted by Gasteiger charge is -2.14. The molecule has 0 radical (unpaired) electrons. The molecule has 0 fully saturated rings. The standard InChI is InChI=1S/C19H17N3O3/c1-3-25-19(23)12-10-20-15-8-11(24-2)9-16-17(15)18(12)22-14-7-5-4-6-13(14)21-16/h4-10,21-22H,3H2,1-2H3. The summed E-state index contributed by atoms with van der Waals surface area (Å²) in [5.74, 6) is 0.289. The number of anilines is 4. The van der Waals surface area contributed by atoms with Crippen molar-refractivity contribution in [3.05, 3.63) is 48.2 Å². The zero-order chi connectivity index (χ0) is 17.4. The van der Waals surface area contributed by atoms with Crippen molar-refractivity contribution in [3.63, 3.8) is 0 Å². The van der Waals surface area contributed by atoms with Crippen LogP contribution >= 0.6 is 0 Å². The number of ether oxygens (including phenoxy) is 2. The van der Waals surface area contributed by atoms with Crippen LogP contribution in [-0.2, 0) is 4.74 Å². The van der Waals surface area contributed by atoms with Gasteiger partial charge in [-0.2, -0.15) is 0 Å². The molecule has 2 N–H and O–H groups in total. The number of carbonyl (C=O) groups is 1. The number of methoxy groups -OCH3 is 1. The van der Waals surface area contributed by atoms with E-state index in [1.54, 1.807) is 20.2 Å². The van der Waals surface area contributed by atoms with E-state index in [0.29, 0.717) is 23.6 Å². The number of rotatable bonds is 3. The summed E-state index contributed by atoms with van der Waals surface area (Å²) in [6.07, 6.45) is 1.54. The summed E-state index contributed by atoms with van der Waals surface area (Å²) < 4.78 is 10.6. The molecule has 0 amide bonds. The van der Waals surface area contributed by atoms with Crippen LogP contribution in [0.1, 0.15) is 17.3 Å². The molecule has 0 unspecified atom stereocenters. The molecule has 2 heterocycles. The molecule has 6 nitrogen and oxygen atoms in total. The highest BCUT2D eigenvalue weighted by Gasteiger charge is 2.23. The molecule has 0 aliphatic carbocycles. The van der Waals surface area contributed by atoms with Gasteiger partial charge in [-0.3, -0.25) is 4.98 Å². The molecule has 126 valence electrons. The molecule has 0 saturated heterocycles. The maximum atomic E-state index is 12.4. The van der Waals surface area contributed by atoms with Crippen LogP contribution in [0.4, 0.5) is 22.7 Å². The van der Waals surface area contributed by atoms with E-state index in [0.717, 1.165) is 28.0 Å². The van der Waals surface area contributed by atoms with E-state index in [1.165, 1.54) is 0 Å². The highest BCUT2D eigenvalue weighted by molar-refractivity contribution is 6.13. The van der Waals surface area contributed by atoms with Crippen LogP contribution in [0.5, 0.6) is 5.75 Å². The van der Waals surface area contributed by atoms with Crippen molar-refractivity contribution in [3.8, 4) is 5.75 Å². The van der Waals surface area contributed by atoms with Gasteiger partial charge in [0.25, 0.3) is 0 Å². The number of pyridine rings is 1. The van der Waals surface area contributed by atoms with Gasteiger partial charge in [0.15, 0.2) is 0 Å². The molecule has 0 saturated carbocycles. The Morgan fingerprint density at radius 1 is 1.12 bits per heavy atom. The molecule has 0 spiro atoms. The maximum Gasteiger partial charge on any atom is 0.341 e. The molecule has 1 aliphatic heterocycles. The van der Waals surface area contributed by atoms with Crippen molar-refractivity contribution in [2.24, 2.45) is 0 Å². The van der Waals surface area contributed by atoms with Gasteiger partial charge in [0.2, 0.25) is 0 Å². The lowest BCUT2D eigenvalue weighted by Crippen LogP contribution is -2.09. The fourth-order valence-electron chi connectivity index (χ4n) is 2.99. The van der Waals surface area contributed by atoms with Crippen LogP contribution in [0.2, 0.25) is 0 Å². The molecular formula is C19H17N3O3. The van der Waals surface area contributed by atoms with Gasteiger partial charge in [-0.1, -0.05) is 12.1 Å². The van der Waals surface area contributed by atoms with E-state index in [4.69, 9.17) is 9.47 Å². The SMILES string of the molecule is CCOC(=O)c1cnc2cc(OC)cc3c2c1Nc1ccccc1N3. The molecule has 25 heavy (non-hydrogen) atoms. The van der Waals surface area contributed by atoms with Crippen molar-refractivity contribution in [2.75, 3.05) is 24.4 Å². The van der Waals surface area contributed by atoms with Crippen LogP contribution in [0.15, 0.2) is 42.6 Å². The monoisotopic (exact) mass is 335 g/mol. The highest BCUT2D eigenvalue weighted by Crippen LogP contribution is 2.43. The zero-order valence-electron chi connectivity index (χ0n) is 13.9. The Morgan fingerprint density at radius 2 is 1.88 bits per heavy atom. The van der Waals surface area contributed by atoms with Crippen LogP contribution in [0.3, 0.4) is 0 Å². The van der Waals surface area contributed by atoms with Crippen molar-refractivity contribution in [1.82, 2.24) is 4.98 Å². The second-order valence-corrected chi connectivity index (χ2v) is 5.63. The first kappa shape index (κ1) is 15.3. The Morgan fingerprint density at radius 3 is 2.60 bits per heavy atom. The number of esters is 1. The fourth-order valence-corrected chi connectivity index (χ4v) is 2.99. The number of nitrogens with zero attached hydrogens (tertiary/aromatic N) is 1.